The molecule has 6 nitrogen and oxygen atoms in total. The molecule has 0 aromatic heterocycles. The lowest BCUT2D eigenvalue weighted by Crippen LogP contribution is -2.52. The van der Waals surface area contributed by atoms with Crippen LogP contribution in [0.1, 0.15) is 11.1 Å². The molecule has 3 atom stereocenters. The van der Waals surface area contributed by atoms with Crippen LogP contribution in [0.3, 0.4) is 0 Å². The molecule has 3 aromatic rings. The molecule has 2 fully saturated rings. The first-order chi connectivity index (χ1) is 16.8. The number of carbonyl (C=O) groups is 3. The van der Waals surface area contributed by atoms with E-state index in [0.29, 0.717) is 21.2 Å². The van der Waals surface area contributed by atoms with Crippen LogP contribution in [0.5, 0.6) is 0 Å². The minimum Gasteiger partial charge on any atom is -0.468 e. The SMILES string of the molecule is COC(=O)[C@@H]1NC(c2cccc(Cl)c2)(c2cccc(Cl)c2)[C@@H]2C(=O)N(c3ccc(F)cc3)C(=O)[C@H]21. The topological polar surface area (TPSA) is 75.7 Å². The van der Waals surface area contributed by atoms with Crippen LogP contribution in [0.2, 0.25) is 10.0 Å². The van der Waals surface area contributed by atoms with Gasteiger partial charge in [0.1, 0.15) is 11.9 Å². The summed E-state index contributed by atoms with van der Waals surface area (Å²) >= 11 is 12.7. The largest absolute Gasteiger partial charge is 0.468 e. The maximum absolute atomic E-state index is 14.0. The smallest absolute Gasteiger partial charge is 0.323 e. The minimum absolute atomic E-state index is 0.213. The van der Waals surface area contributed by atoms with Gasteiger partial charge < -0.3 is 4.74 Å². The number of rotatable bonds is 4. The fraction of sp³-hybridized carbons (Fsp3) is 0.192. The minimum atomic E-state index is -1.33. The van der Waals surface area contributed by atoms with Crippen LogP contribution in [0, 0.1) is 17.7 Å². The summed E-state index contributed by atoms with van der Waals surface area (Å²) in [5, 5.41) is 4.09. The number of imide groups is 1. The molecular formula is C26H19Cl2FN2O4. The Morgan fingerprint density at radius 3 is 2.03 bits per heavy atom. The van der Waals surface area contributed by atoms with Gasteiger partial charge in [0.05, 0.1) is 30.2 Å². The van der Waals surface area contributed by atoms with Crippen molar-refractivity contribution in [3.63, 3.8) is 0 Å². The van der Waals surface area contributed by atoms with Gasteiger partial charge in [0.2, 0.25) is 11.8 Å². The fourth-order valence-corrected chi connectivity index (χ4v) is 5.63. The molecule has 3 aromatic carbocycles. The van der Waals surface area contributed by atoms with Crippen molar-refractivity contribution in [3.8, 4) is 0 Å². The third-order valence-electron chi connectivity index (χ3n) is 6.66. The number of hydrogen-bond acceptors (Lipinski definition) is 5. The lowest BCUT2D eigenvalue weighted by Gasteiger charge is -2.36. The van der Waals surface area contributed by atoms with Crippen molar-refractivity contribution < 1.29 is 23.5 Å². The summed E-state index contributed by atoms with van der Waals surface area (Å²) < 4.78 is 18.6. The second-order valence-corrected chi connectivity index (χ2v) is 9.34. The zero-order valence-electron chi connectivity index (χ0n) is 18.4. The number of amides is 2. The van der Waals surface area contributed by atoms with Crippen molar-refractivity contribution in [2.45, 2.75) is 11.6 Å². The van der Waals surface area contributed by atoms with Gasteiger partial charge in [-0.05, 0) is 59.7 Å². The molecule has 2 saturated heterocycles. The van der Waals surface area contributed by atoms with Crippen LogP contribution in [-0.2, 0) is 24.7 Å². The van der Waals surface area contributed by atoms with Gasteiger partial charge >= 0.3 is 5.97 Å². The maximum atomic E-state index is 14.0. The summed E-state index contributed by atoms with van der Waals surface area (Å²) in [4.78, 5) is 41.7. The second-order valence-electron chi connectivity index (χ2n) is 8.47. The molecule has 0 saturated carbocycles. The highest BCUT2D eigenvalue weighted by Crippen LogP contribution is 2.53. The molecule has 178 valence electrons. The van der Waals surface area contributed by atoms with Crippen LogP contribution >= 0.6 is 23.2 Å². The van der Waals surface area contributed by atoms with Crippen molar-refractivity contribution in [3.05, 3.63) is 99.8 Å². The van der Waals surface area contributed by atoms with E-state index < -0.39 is 47.0 Å². The number of carbonyl (C=O) groups excluding carboxylic acids is 3. The van der Waals surface area contributed by atoms with Gasteiger partial charge in [-0.25, -0.2) is 9.29 Å². The van der Waals surface area contributed by atoms with E-state index in [1.165, 1.54) is 31.4 Å². The lowest BCUT2D eigenvalue weighted by atomic mass is 9.71. The molecule has 0 radical (unpaired) electrons. The number of benzene rings is 3. The number of anilines is 1. The van der Waals surface area contributed by atoms with E-state index in [2.05, 4.69) is 5.32 Å². The molecule has 2 aliphatic rings. The number of esters is 1. The highest BCUT2D eigenvalue weighted by atomic mass is 35.5. The van der Waals surface area contributed by atoms with E-state index in [1.54, 1.807) is 48.5 Å². The van der Waals surface area contributed by atoms with E-state index in [9.17, 15) is 18.8 Å². The summed E-state index contributed by atoms with van der Waals surface area (Å²) in [7, 11) is 1.22. The summed E-state index contributed by atoms with van der Waals surface area (Å²) in [6.45, 7) is 0. The summed E-state index contributed by atoms with van der Waals surface area (Å²) in [6.07, 6.45) is 0. The molecule has 0 aliphatic carbocycles. The number of methoxy groups -OCH3 is 1. The second kappa shape index (κ2) is 8.75. The Labute approximate surface area is 210 Å². The summed E-state index contributed by atoms with van der Waals surface area (Å²) in [6, 6.07) is 17.7. The average molecular weight is 513 g/mol. The first-order valence-electron chi connectivity index (χ1n) is 10.8. The Balaban J connectivity index is 1.77. The van der Waals surface area contributed by atoms with Gasteiger partial charge in [0, 0.05) is 10.0 Å². The number of fused-ring (bicyclic) bond motifs is 1. The van der Waals surface area contributed by atoms with Crippen LogP contribution in [0.15, 0.2) is 72.8 Å². The van der Waals surface area contributed by atoms with Crippen molar-refractivity contribution in [1.29, 1.82) is 0 Å². The van der Waals surface area contributed by atoms with Gasteiger partial charge in [0.15, 0.2) is 0 Å². The van der Waals surface area contributed by atoms with Crippen LogP contribution in [0.25, 0.3) is 0 Å². The van der Waals surface area contributed by atoms with E-state index in [1.807, 2.05) is 0 Å². The molecule has 2 amide bonds. The standard InChI is InChI=1S/C26H19Cl2FN2O4/c1-35-25(34)22-20-21(24(33)31(23(20)32)19-10-8-18(29)9-11-19)26(30-22,14-4-2-6-16(27)12-14)15-5-3-7-17(28)13-15/h2-13,20-22,30H,1H3/t20-,21+,22-/m1/s1. The van der Waals surface area contributed by atoms with Gasteiger partial charge in [-0.1, -0.05) is 47.5 Å². The third-order valence-corrected chi connectivity index (χ3v) is 7.13. The van der Waals surface area contributed by atoms with Crippen LogP contribution in [-0.4, -0.2) is 30.9 Å². The number of hydrogen-bond donors (Lipinski definition) is 1. The van der Waals surface area contributed by atoms with E-state index >= 15 is 0 Å². The average Bonchev–Trinajstić information content (AvgIpc) is 3.34. The Kier molecular flexibility index (Phi) is 5.87. The number of ether oxygens (including phenoxy) is 1. The molecule has 0 spiro atoms. The molecule has 9 heteroatoms. The zero-order chi connectivity index (χ0) is 24.9. The van der Waals surface area contributed by atoms with Gasteiger partial charge in [-0.3, -0.25) is 19.7 Å². The molecule has 0 bridgehead atoms. The Morgan fingerprint density at radius 2 is 1.51 bits per heavy atom. The molecule has 0 unspecified atom stereocenters. The van der Waals surface area contributed by atoms with Crippen molar-refractivity contribution >= 4 is 46.7 Å². The molecule has 35 heavy (non-hydrogen) atoms. The van der Waals surface area contributed by atoms with Gasteiger partial charge in [0.25, 0.3) is 0 Å². The van der Waals surface area contributed by atoms with Gasteiger partial charge in [-0.2, -0.15) is 0 Å². The maximum Gasteiger partial charge on any atom is 0.323 e. The fourth-order valence-electron chi connectivity index (χ4n) is 5.24. The molecule has 1 N–H and O–H groups in total. The number of halogens is 3. The first kappa shape index (κ1) is 23.5. The van der Waals surface area contributed by atoms with Crippen molar-refractivity contribution in [2.75, 3.05) is 12.0 Å². The molecule has 2 aliphatic heterocycles. The Hall–Kier alpha value is -3.26. The van der Waals surface area contributed by atoms with Gasteiger partial charge in [-0.15, -0.1) is 0 Å². The van der Waals surface area contributed by atoms with Crippen LogP contribution in [0.4, 0.5) is 10.1 Å². The first-order valence-corrected chi connectivity index (χ1v) is 11.5. The number of nitrogens with one attached hydrogen (secondary N) is 1. The lowest BCUT2D eigenvalue weighted by molar-refractivity contribution is -0.145. The summed E-state index contributed by atoms with van der Waals surface area (Å²) in [5.41, 5.74) is 0.0398. The Morgan fingerprint density at radius 1 is 0.943 bits per heavy atom. The summed E-state index contributed by atoms with van der Waals surface area (Å²) in [5.74, 6) is -4.44. The van der Waals surface area contributed by atoms with E-state index in [0.717, 1.165) is 4.90 Å². The van der Waals surface area contributed by atoms with E-state index in [-0.39, 0.29) is 5.69 Å². The van der Waals surface area contributed by atoms with Crippen LogP contribution < -0.4 is 10.2 Å². The molecule has 5 rings (SSSR count). The van der Waals surface area contributed by atoms with E-state index in [4.69, 9.17) is 27.9 Å². The molecule has 2 heterocycles. The zero-order valence-corrected chi connectivity index (χ0v) is 19.9. The number of nitrogens with zero attached hydrogens (tertiary/aromatic N) is 1. The Bertz CT molecular complexity index is 1300. The molecular weight excluding hydrogens is 494 g/mol. The monoisotopic (exact) mass is 512 g/mol. The predicted molar refractivity (Wildman–Crippen MR) is 128 cm³/mol. The van der Waals surface area contributed by atoms with Crippen molar-refractivity contribution in [1.82, 2.24) is 5.32 Å². The predicted octanol–water partition coefficient (Wildman–Crippen LogP) is 4.33. The normalized spacial score (nSPS) is 22.9. The quantitative estimate of drug-likeness (QED) is 0.416. The highest BCUT2D eigenvalue weighted by Gasteiger charge is 2.68. The van der Waals surface area contributed by atoms with Crippen molar-refractivity contribution in [2.24, 2.45) is 11.8 Å². The highest BCUT2D eigenvalue weighted by molar-refractivity contribution is 6.31. The third kappa shape index (κ3) is 3.62.